The lowest BCUT2D eigenvalue weighted by atomic mass is 9.49. The molecular weight excluding hydrogens is 382 g/mol. The number of amides is 1. The summed E-state index contributed by atoms with van der Waals surface area (Å²) in [5, 5.41) is 0. The van der Waals surface area contributed by atoms with Crippen LogP contribution in [0.2, 0.25) is 0 Å². The maximum absolute atomic E-state index is 13.0. The summed E-state index contributed by atoms with van der Waals surface area (Å²) in [6.45, 7) is 2.73. The van der Waals surface area contributed by atoms with E-state index in [9.17, 15) is 9.59 Å². The Morgan fingerprint density at radius 3 is 2.13 bits per heavy atom. The molecule has 1 aromatic rings. The molecule has 1 aromatic carbocycles. The first kappa shape index (κ1) is 21.0. The highest BCUT2D eigenvalue weighted by Crippen LogP contribution is 2.60. The van der Waals surface area contributed by atoms with Crippen molar-refractivity contribution in [1.29, 1.82) is 0 Å². The largest absolute Gasteiger partial charge is 0.493 e. The van der Waals surface area contributed by atoms with Gasteiger partial charge in [-0.25, -0.2) is 0 Å². The van der Waals surface area contributed by atoms with Gasteiger partial charge in [0.1, 0.15) is 0 Å². The normalized spacial score (nSPS) is 28.8. The van der Waals surface area contributed by atoms with Gasteiger partial charge in [-0.3, -0.25) is 9.59 Å². The quantitative estimate of drug-likeness (QED) is 0.604. The number of esters is 1. The van der Waals surface area contributed by atoms with Crippen molar-refractivity contribution >= 4 is 11.9 Å². The predicted octanol–water partition coefficient (Wildman–Crippen LogP) is 3.81. The van der Waals surface area contributed by atoms with Crippen LogP contribution in [-0.2, 0) is 20.9 Å². The Balaban J connectivity index is 1.35. The smallest absolute Gasteiger partial charge is 0.312 e. The van der Waals surface area contributed by atoms with E-state index in [1.807, 2.05) is 25.1 Å². The van der Waals surface area contributed by atoms with Gasteiger partial charge in [0, 0.05) is 13.1 Å². The van der Waals surface area contributed by atoms with E-state index in [1.165, 1.54) is 19.3 Å². The number of ether oxygens (including phenoxy) is 3. The fourth-order valence-electron chi connectivity index (χ4n) is 6.31. The Kier molecular flexibility index (Phi) is 5.94. The summed E-state index contributed by atoms with van der Waals surface area (Å²) in [7, 11) is 3.19. The van der Waals surface area contributed by atoms with E-state index in [1.54, 1.807) is 19.1 Å². The van der Waals surface area contributed by atoms with Crippen molar-refractivity contribution < 1.29 is 23.8 Å². The number of nitrogens with zero attached hydrogens (tertiary/aromatic N) is 1. The molecule has 0 heterocycles. The molecule has 0 aromatic heterocycles. The molecule has 4 aliphatic rings. The Bertz CT molecular complexity index is 770. The van der Waals surface area contributed by atoms with E-state index in [4.69, 9.17) is 14.2 Å². The summed E-state index contributed by atoms with van der Waals surface area (Å²) in [5.74, 6) is 3.01. The second-order valence-corrected chi connectivity index (χ2v) is 9.37. The minimum atomic E-state index is -0.324. The molecule has 6 heteroatoms. The van der Waals surface area contributed by atoms with Crippen LogP contribution in [0.4, 0.5) is 0 Å². The van der Waals surface area contributed by atoms with Crippen molar-refractivity contribution in [2.75, 3.05) is 27.4 Å². The first-order valence-corrected chi connectivity index (χ1v) is 11.1. The van der Waals surface area contributed by atoms with Gasteiger partial charge in [0.15, 0.2) is 18.1 Å². The summed E-state index contributed by atoms with van der Waals surface area (Å²) in [5.41, 5.74) is 0.616. The fourth-order valence-corrected chi connectivity index (χ4v) is 6.31. The van der Waals surface area contributed by atoms with Crippen molar-refractivity contribution in [2.24, 2.45) is 23.2 Å². The Labute approximate surface area is 178 Å². The molecule has 164 valence electrons. The summed E-state index contributed by atoms with van der Waals surface area (Å²) < 4.78 is 16.2. The van der Waals surface area contributed by atoms with Crippen molar-refractivity contribution in [1.82, 2.24) is 4.90 Å². The van der Waals surface area contributed by atoms with E-state index >= 15 is 0 Å². The minimum Gasteiger partial charge on any atom is -0.493 e. The van der Waals surface area contributed by atoms with Crippen LogP contribution in [0.15, 0.2) is 18.2 Å². The second kappa shape index (κ2) is 8.48. The average molecular weight is 416 g/mol. The molecule has 0 spiro atoms. The topological polar surface area (TPSA) is 65.1 Å². The molecule has 0 aliphatic heterocycles. The van der Waals surface area contributed by atoms with E-state index in [0.29, 0.717) is 42.3 Å². The highest BCUT2D eigenvalue weighted by Gasteiger charge is 2.55. The molecule has 4 saturated carbocycles. The molecule has 0 unspecified atom stereocenters. The van der Waals surface area contributed by atoms with E-state index < -0.39 is 0 Å². The number of hydrogen-bond acceptors (Lipinski definition) is 5. The summed E-state index contributed by atoms with van der Waals surface area (Å²) in [6.07, 6.45) is 6.70. The molecule has 0 atom stereocenters. The van der Waals surface area contributed by atoms with Crippen LogP contribution in [0, 0.1) is 23.2 Å². The predicted molar refractivity (Wildman–Crippen MR) is 112 cm³/mol. The summed E-state index contributed by atoms with van der Waals surface area (Å²) >= 11 is 0. The highest BCUT2D eigenvalue weighted by molar-refractivity contribution is 5.83. The van der Waals surface area contributed by atoms with Gasteiger partial charge >= 0.3 is 5.97 Å². The van der Waals surface area contributed by atoms with Gasteiger partial charge in [0.05, 0.1) is 19.6 Å². The lowest BCUT2D eigenvalue weighted by Gasteiger charge is -2.55. The van der Waals surface area contributed by atoms with Crippen molar-refractivity contribution in [3.05, 3.63) is 23.8 Å². The zero-order valence-corrected chi connectivity index (χ0v) is 18.3. The van der Waals surface area contributed by atoms with Crippen molar-refractivity contribution in [2.45, 2.75) is 52.0 Å². The highest BCUT2D eigenvalue weighted by atomic mass is 16.5. The summed E-state index contributed by atoms with van der Waals surface area (Å²) in [6, 6.07) is 5.62. The first-order chi connectivity index (χ1) is 14.5. The molecule has 6 nitrogen and oxygen atoms in total. The molecular formula is C24H33NO5. The van der Waals surface area contributed by atoms with Crippen LogP contribution in [0.3, 0.4) is 0 Å². The van der Waals surface area contributed by atoms with Crippen LogP contribution in [0.5, 0.6) is 11.5 Å². The molecule has 1 amide bonds. The third kappa shape index (κ3) is 4.01. The molecule has 0 saturated heterocycles. The third-order valence-electron chi connectivity index (χ3n) is 7.35. The minimum absolute atomic E-state index is 0.142. The molecule has 0 N–H and O–H groups in total. The van der Waals surface area contributed by atoms with Crippen LogP contribution in [0.1, 0.15) is 51.0 Å². The molecule has 4 aliphatic carbocycles. The standard InChI is InChI=1S/C24H33NO5/c1-4-25(14-16-5-6-20(28-2)21(10-16)29-3)22(26)15-30-23(27)24-11-17-7-18(12-24)9-19(8-17)13-24/h5-6,10,17-19H,4,7-9,11-15H2,1-3H3. The van der Waals surface area contributed by atoms with Gasteiger partial charge in [-0.2, -0.15) is 0 Å². The Morgan fingerprint density at radius 2 is 1.60 bits per heavy atom. The lowest BCUT2D eigenvalue weighted by Crippen LogP contribution is -2.51. The van der Waals surface area contributed by atoms with Crippen LogP contribution < -0.4 is 9.47 Å². The molecule has 4 bridgehead atoms. The van der Waals surface area contributed by atoms with E-state index in [-0.39, 0.29) is 23.9 Å². The van der Waals surface area contributed by atoms with Crippen LogP contribution >= 0.6 is 0 Å². The number of likely N-dealkylation sites (N-methyl/N-ethyl adjacent to an activating group) is 1. The number of rotatable bonds is 8. The third-order valence-corrected chi connectivity index (χ3v) is 7.35. The Morgan fingerprint density at radius 1 is 1.00 bits per heavy atom. The van der Waals surface area contributed by atoms with Gasteiger partial charge in [-0.05, 0) is 80.9 Å². The lowest BCUT2D eigenvalue weighted by molar-refractivity contribution is -0.174. The van der Waals surface area contributed by atoms with Gasteiger partial charge < -0.3 is 19.1 Å². The Hall–Kier alpha value is -2.24. The average Bonchev–Trinajstić information content (AvgIpc) is 2.74. The van der Waals surface area contributed by atoms with Gasteiger partial charge in [0.25, 0.3) is 5.91 Å². The van der Waals surface area contributed by atoms with Gasteiger partial charge in [0.2, 0.25) is 0 Å². The number of carbonyl (C=O) groups is 2. The van der Waals surface area contributed by atoms with Gasteiger partial charge in [-0.1, -0.05) is 6.07 Å². The zero-order chi connectivity index (χ0) is 21.3. The number of carbonyl (C=O) groups excluding carboxylic acids is 2. The molecule has 5 rings (SSSR count). The van der Waals surface area contributed by atoms with Crippen LogP contribution in [0.25, 0.3) is 0 Å². The first-order valence-electron chi connectivity index (χ1n) is 11.1. The second-order valence-electron chi connectivity index (χ2n) is 9.37. The zero-order valence-electron chi connectivity index (χ0n) is 18.3. The molecule has 4 fully saturated rings. The molecule has 30 heavy (non-hydrogen) atoms. The maximum atomic E-state index is 13.0. The van der Waals surface area contributed by atoms with Gasteiger partial charge in [-0.15, -0.1) is 0 Å². The maximum Gasteiger partial charge on any atom is 0.312 e. The number of benzene rings is 1. The van der Waals surface area contributed by atoms with Crippen molar-refractivity contribution in [3.63, 3.8) is 0 Å². The van der Waals surface area contributed by atoms with E-state index in [0.717, 1.165) is 24.8 Å². The number of hydrogen-bond donors (Lipinski definition) is 0. The molecule has 0 radical (unpaired) electrons. The SMILES string of the molecule is CCN(Cc1ccc(OC)c(OC)c1)C(=O)COC(=O)C12CC3CC(CC(C3)C1)C2. The van der Waals surface area contributed by atoms with Crippen molar-refractivity contribution in [3.8, 4) is 11.5 Å². The van der Waals surface area contributed by atoms with Crippen LogP contribution in [-0.4, -0.2) is 44.1 Å². The summed E-state index contributed by atoms with van der Waals surface area (Å²) in [4.78, 5) is 27.5. The fraction of sp³-hybridized carbons (Fsp3) is 0.667. The number of methoxy groups -OCH3 is 2. The monoisotopic (exact) mass is 415 g/mol. The van der Waals surface area contributed by atoms with E-state index in [2.05, 4.69) is 0 Å².